The van der Waals surface area contributed by atoms with E-state index in [0.717, 1.165) is 12.0 Å². The summed E-state index contributed by atoms with van der Waals surface area (Å²) >= 11 is 6.28. The second kappa shape index (κ2) is 7.68. The zero-order valence-electron chi connectivity index (χ0n) is 12.0. The molecule has 0 atom stereocenters. The van der Waals surface area contributed by atoms with Gasteiger partial charge in [0, 0.05) is 6.54 Å². The number of halogens is 1. The summed E-state index contributed by atoms with van der Waals surface area (Å²) in [4.78, 5) is 0. The summed E-state index contributed by atoms with van der Waals surface area (Å²) < 4.78 is 11.3. The van der Waals surface area contributed by atoms with Gasteiger partial charge in [0.1, 0.15) is 0 Å². The van der Waals surface area contributed by atoms with Crippen molar-refractivity contribution in [1.29, 1.82) is 0 Å². The fourth-order valence-electron chi connectivity index (χ4n) is 1.75. The SMILES string of the molecule is CCCOc1c(Cl)cc(CNc2nn[nH]n2)cc1OCC. The van der Waals surface area contributed by atoms with Crippen LogP contribution in [0.15, 0.2) is 12.1 Å². The quantitative estimate of drug-likeness (QED) is 0.779. The lowest BCUT2D eigenvalue weighted by Crippen LogP contribution is -2.04. The first-order valence-electron chi connectivity index (χ1n) is 6.80. The minimum atomic E-state index is 0.426. The standard InChI is InChI=1S/C13H18ClN5O2/c1-3-5-21-12-10(14)6-9(7-11(12)20-4-2)8-15-13-16-18-19-17-13/h6-7H,3-5,8H2,1-2H3,(H2,15,16,17,18,19). The van der Waals surface area contributed by atoms with Crippen LogP contribution in [0.2, 0.25) is 5.02 Å². The van der Waals surface area contributed by atoms with Crippen molar-refractivity contribution in [2.24, 2.45) is 0 Å². The number of ether oxygens (including phenoxy) is 2. The number of aromatic amines is 1. The van der Waals surface area contributed by atoms with Gasteiger partial charge in [0.25, 0.3) is 5.95 Å². The molecule has 0 fully saturated rings. The molecule has 0 spiro atoms. The molecule has 1 aromatic carbocycles. The maximum atomic E-state index is 6.28. The average molecular weight is 312 g/mol. The van der Waals surface area contributed by atoms with Gasteiger partial charge in [0.15, 0.2) is 11.5 Å². The Morgan fingerprint density at radius 1 is 1.29 bits per heavy atom. The summed E-state index contributed by atoms with van der Waals surface area (Å²) in [6, 6.07) is 3.73. The number of benzene rings is 1. The van der Waals surface area contributed by atoms with Crippen molar-refractivity contribution in [1.82, 2.24) is 20.6 Å². The van der Waals surface area contributed by atoms with Gasteiger partial charge in [0.05, 0.1) is 18.2 Å². The van der Waals surface area contributed by atoms with Gasteiger partial charge in [-0.05, 0) is 36.3 Å². The lowest BCUT2D eigenvalue weighted by atomic mass is 10.2. The van der Waals surface area contributed by atoms with E-state index in [4.69, 9.17) is 21.1 Å². The Hall–Kier alpha value is -2.02. The molecule has 114 valence electrons. The third-order valence-corrected chi connectivity index (χ3v) is 2.90. The summed E-state index contributed by atoms with van der Waals surface area (Å²) in [6.07, 6.45) is 0.906. The second-order valence-electron chi connectivity index (χ2n) is 4.28. The monoisotopic (exact) mass is 311 g/mol. The van der Waals surface area contributed by atoms with Gasteiger partial charge < -0.3 is 14.8 Å². The lowest BCUT2D eigenvalue weighted by Gasteiger charge is -2.15. The molecule has 0 saturated heterocycles. The molecule has 7 nitrogen and oxygen atoms in total. The maximum absolute atomic E-state index is 6.28. The van der Waals surface area contributed by atoms with Gasteiger partial charge in [-0.2, -0.15) is 5.21 Å². The normalized spacial score (nSPS) is 10.4. The molecule has 0 unspecified atom stereocenters. The van der Waals surface area contributed by atoms with Crippen molar-refractivity contribution in [3.8, 4) is 11.5 Å². The number of nitrogens with zero attached hydrogens (tertiary/aromatic N) is 3. The van der Waals surface area contributed by atoms with Crippen LogP contribution in [0, 0.1) is 0 Å². The molecule has 8 heteroatoms. The van der Waals surface area contributed by atoms with Gasteiger partial charge >= 0.3 is 0 Å². The zero-order chi connectivity index (χ0) is 15.1. The molecule has 0 aliphatic rings. The van der Waals surface area contributed by atoms with Crippen molar-refractivity contribution in [3.63, 3.8) is 0 Å². The fraction of sp³-hybridized carbons (Fsp3) is 0.462. The number of tetrazole rings is 1. The van der Waals surface area contributed by atoms with Gasteiger partial charge in [-0.1, -0.05) is 23.6 Å². The predicted octanol–water partition coefficient (Wildman–Crippen LogP) is 2.65. The first kappa shape index (κ1) is 15.4. The Bertz CT molecular complexity index is 562. The molecule has 0 aliphatic carbocycles. The van der Waals surface area contributed by atoms with Crippen LogP contribution in [0.1, 0.15) is 25.8 Å². The molecule has 0 bridgehead atoms. The molecule has 0 amide bonds. The molecule has 0 saturated carbocycles. The number of aromatic nitrogens is 4. The highest BCUT2D eigenvalue weighted by Gasteiger charge is 2.12. The Balaban J connectivity index is 2.14. The van der Waals surface area contributed by atoms with E-state index in [1.54, 1.807) is 0 Å². The van der Waals surface area contributed by atoms with Gasteiger partial charge in [-0.25, -0.2) is 0 Å². The third kappa shape index (κ3) is 4.22. The molecular formula is C13H18ClN5O2. The molecular weight excluding hydrogens is 294 g/mol. The molecule has 1 aromatic heterocycles. The second-order valence-corrected chi connectivity index (χ2v) is 4.68. The maximum Gasteiger partial charge on any atom is 0.263 e. The van der Waals surface area contributed by atoms with Gasteiger partial charge in [-0.15, -0.1) is 5.10 Å². The predicted molar refractivity (Wildman–Crippen MR) is 79.9 cm³/mol. The summed E-state index contributed by atoms with van der Waals surface area (Å²) in [5, 5.41) is 17.1. The number of nitrogens with one attached hydrogen (secondary N) is 2. The minimum Gasteiger partial charge on any atom is -0.490 e. The van der Waals surface area contributed by atoms with E-state index >= 15 is 0 Å². The van der Waals surface area contributed by atoms with E-state index < -0.39 is 0 Å². The molecule has 2 rings (SSSR count). The van der Waals surface area contributed by atoms with Crippen molar-refractivity contribution in [2.45, 2.75) is 26.8 Å². The van der Waals surface area contributed by atoms with Crippen molar-refractivity contribution in [3.05, 3.63) is 22.7 Å². The van der Waals surface area contributed by atoms with E-state index in [9.17, 15) is 0 Å². The summed E-state index contributed by atoms with van der Waals surface area (Å²) in [6.45, 7) is 5.60. The van der Waals surface area contributed by atoms with Crippen LogP contribution in [-0.2, 0) is 6.54 Å². The van der Waals surface area contributed by atoms with Gasteiger partial charge in [-0.3, -0.25) is 0 Å². The molecule has 0 radical (unpaired) electrons. The smallest absolute Gasteiger partial charge is 0.263 e. The van der Waals surface area contributed by atoms with Crippen molar-refractivity contribution >= 4 is 17.5 Å². The zero-order valence-corrected chi connectivity index (χ0v) is 12.8. The van der Waals surface area contributed by atoms with Crippen molar-refractivity contribution in [2.75, 3.05) is 18.5 Å². The highest BCUT2D eigenvalue weighted by Crippen LogP contribution is 2.36. The van der Waals surface area contributed by atoms with E-state index in [1.165, 1.54) is 0 Å². The van der Waals surface area contributed by atoms with Crippen LogP contribution < -0.4 is 14.8 Å². The largest absolute Gasteiger partial charge is 0.490 e. The number of hydrogen-bond donors (Lipinski definition) is 2. The first-order valence-corrected chi connectivity index (χ1v) is 7.17. The third-order valence-electron chi connectivity index (χ3n) is 2.62. The molecule has 2 aromatic rings. The Morgan fingerprint density at radius 2 is 2.14 bits per heavy atom. The molecule has 21 heavy (non-hydrogen) atoms. The van der Waals surface area contributed by atoms with E-state index in [1.807, 2.05) is 26.0 Å². The van der Waals surface area contributed by atoms with Crippen LogP contribution in [0.5, 0.6) is 11.5 Å². The van der Waals surface area contributed by atoms with E-state index in [-0.39, 0.29) is 0 Å². The molecule has 1 heterocycles. The van der Waals surface area contributed by atoms with E-state index in [2.05, 4.69) is 25.9 Å². The topological polar surface area (TPSA) is 85.0 Å². The minimum absolute atomic E-state index is 0.426. The highest BCUT2D eigenvalue weighted by molar-refractivity contribution is 6.32. The molecule has 0 aliphatic heterocycles. The van der Waals surface area contributed by atoms with Crippen LogP contribution in [-0.4, -0.2) is 33.8 Å². The van der Waals surface area contributed by atoms with Crippen LogP contribution >= 0.6 is 11.6 Å². The Morgan fingerprint density at radius 3 is 2.81 bits per heavy atom. The molecule has 2 N–H and O–H groups in total. The van der Waals surface area contributed by atoms with E-state index in [0.29, 0.717) is 42.2 Å². The summed E-state index contributed by atoms with van der Waals surface area (Å²) in [7, 11) is 0. The average Bonchev–Trinajstić information content (AvgIpc) is 2.98. The Kier molecular flexibility index (Phi) is 5.62. The number of hydrogen-bond acceptors (Lipinski definition) is 6. The number of rotatable bonds is 8. The van der Waals surface area contributed by atoms with Crippen molar-refractivity contribution < 1.29 is 9.47 Å². The number of anilines is 1. The fourth-order valence-corrected chi connectivity index (χ4v) is 2.04. The highest BCUT2D eigenvalue weighted by atomic mass is 35.5. The van der Waals surface area contributed by atoms with Crippen LogP contribution in [0.25, 0.3) is 0 Å². The summed E-state index contributed by atoms with van der Waals surface area (Å²) in [5.74, 6) is 1.66. The first-order chi connectivity index (χ1) is 10.2. The number of H-pyrrole nitrogens is 1. The van der Waals surface area contributed by atoms with Crippen LogP contribution in [0.3, 0.4) is 0 Å². The van der Waals surface area contributed by atoms with Crippen LogP contribution in [0.4, 0.5) is 5.95 Å². The summed E-state index contributed by atoms with van der Waals surface area (Å²) in [5.41, 5.74) is 0.942. The van der Waals surface area contributed by atoms with Gasteiger partial charge in [0.2, 0.25) is 0 Å². The lowest BCUT2D eigenvalue weighted by molar-refractivity contribution is 0.277. The Labute approximate surface area is 128 Å².